The Morgan fingerprint density at radius 2 is 1.90 bits per heavy atom. The van der Waals surface area contributed by atoms with Crippen LogP contribution in [-0.4, -0.2) is 52.0 Å². The van der Waals surface area contributed by atoms with Crippen molar-refractivity contribution in [1.29, 1.82) is 0 Å². The highest BCUT2D eigenvalue weighted by molar-refractivity contribution is 7.98. The quantitative estimate of drug-likeness (QED) is 0.697. The van der Waals surface area contributed by atoms with Gasteiger partial charge in [0.1, 0.15) is 11.6 Å². The average molecular weight is 415 g/mol. The number of hydrogen-bond donors (Lipinski definition) is 0. The Morgan fingerprint density at radius 3 is 2.52 bits per heavy atom. The van der Waals surface area contributed by atoms with Crippen molar-refractivity contribution in [2.45, 2.75) is 55.0 Å². The molecule has 1 saturated carbocycles. The van der Waals surface area contributed by atoms with E-state index < -0.39 is 5.41 Å². The molecule has 156 valence electrons. The van der Waals surface area contributed by atoms with E-state index in [1.165, 1.54) is 0 Å². The fourth-order valence-electron chi connectivity index (χ4n) is 5.05. The number of thioether (sulfide) groups is 1. The van der Waals surface area contributed by atoms with Gasteiger partial charge < -0.3 is 14.2 Å². The molecule has 1 aromatic carbocycles. The van der Waals surface area contributed by atoms with Gasteiger partial charge >= 0.3 is 0 Å². The molecule has 1 aromatic heterocycles. The molecular weight excluding hydrogens is 384 g/mol. The van der Waals surface area contributed by atoms with Crippen molar-refractivity contribution in [3.63, 3.8) is 0 Å². The Hall–Kier alpha value is -2.02. The number of likely N-dealkylation sites (tertiary alicyclic amines) is 1. The highest BCUT2D eigenvalue weighted by atomic mass is 32.2. The minimum absolute atomic E-state index is 0.250. The van der Waals surface area contributed by atoms with Gasteiger partial charge in [-0.2, -0.15) is 0 Å². The molecule has 29 heavy (non-hydrogen) atoms. The molecule has 7 heteroatoms. The van der Waals surface area contributed by atoms with Gasteiger partial charge in [-0.3, -0.25) is 4.79 Å². The number of amides is 1. The molecule has 1 atom stereocenters. The van der Waals surface area contributed by atoms with Crippen LogP contribution in [0.2, 0.25) is 0 Å². The normalized spacial score (nSPS) is 21.3. The SMILES string of the molecule is COc1ccc(C2(C(=O)N3CCC[C@H](c4nnc(SC)n4C)C3)CCCC2)cc1. The van der Waals surface area contributed by atoms with E-state index in [0.29, 0.717) is 0 Å². The van der Waals surface area contributed by atoms with E-state index in [9.17, 15) is 4.79 Å². The Kier molecular flexibility index (Phi) is 5.86. The summed E-state index contributed by atoms with van der Waals surface area (Å²) < 4.78 is 7.40. The third-order valence-corrected chi connectivity index (χ3v) is 7.35. The average Bonchev–Trinajstić information content (AvgIpc) is 3.41. The van der Waals surface area contributed by atoms with Crippen LogP contribution in [0.3, 0.4) is 0 Å². The summed E-state index contributed by atoms with van der Waals surface area (Å²) in [5.74, 6) is 2.37. The maximum Gasteiger partial charge on any atom is 0.233 e. The number of carbonyl (C=O) groups is 1. The Labute approximate surface area is 177 Å². The molecule has 0 bridgehead atoms. The molecule has 1 aliphatic carbocycles. The zero-order chi connectivity index (χ0) is 20.4. The monoisotopic (exact) mass is 414 g/mol. The number of methoxy groups -OCH3 is 1. The third-order valence-electron chi connectivity index (χ3n) is 6.63. The first kappa shape index (κ1) is 20.3. The van der Waals surface area contributed by atoms with Gasteiger partial charge in [0.2, 0.25) is 5.91 Å². The Bertz CT molecular complexity index is 858. The van der Waals surface area contributed by atoms with E-state index >= 15 is 0 Å². The van der Waals surface area contributed by atoms with Gasteiger partial charge in [-0.25, -0.2) is 0 Å². The van der Waals surface area contributed by atoms with Crippen molar-refractivity contribution in [3.05, 3.63) is 35.7 Å². The zero-order valence-electron chi connectivity index (χ0n) is 17.6. The molecule has 1 saturated heterocycles. The number of benzene rings is 1. The molecule has 2 fully saturated rings. The lowest BCUT2D eigenvalue weighted by Crippen LogP contribution is -2.49. The second kappa shape index (κ2) is 8.38. The molecule has 2 aromatic rings. The van der Waals surface area contributed by atoms with Crippen LogP contribution >= 0.6 is 11.8 Å². The smallest absolute Gasteiger partial charge is 0.233 e. The maximum atomic E-state index is 13.8. The van der Waals surface area contributed by atoms with E-state index in [-0.39, 0.29) is 11.8 Å². The van der Waals surface area contributed by atoms with Crippen molar-refractivity contribution in [1.82, 2.24) is 19.7 Å². The van der Waals surface area contributed by atoms with Crippen molar-refractivity contribution < 1.29 is 9.53 Å². The minimum Gasteiger partial charge on any atom is -0.497 e. The van der Waals surface area contributed by atoms with Crippen LogP contribution in [0.4, 0.5) is 0 Å². The molecule has 0 spiro atoms. The van der Waals surface area contributed by atoms with Crippen LogP contribution in [0.1, 0.15) is 55.8 Å². The van der Waals surface area contributed by atoms with E-state index in [0.717, 1.165) is 73.9 Å². The minimum atomic E-state index is -0.390. The topological polar surface area (TPSA) is 60.2 Å². The van der Waals surface area contributed by atoms with Crippen LogP contribution in [-0.2, 0) is 17.3 Å². The molecule has 4 rings (SSSR count). The first-order chi connectivity index (χ1) is 14.1. The number of piperidine rings is 1. The number of ether oxygens (including phenoxy) is 1. The molecule has 1 aliphatic heterocycles. The Balaban J connectivity index is 1.58. The molecule has 1 amide bonds. The third kappa shape index (κ3) is 3.65. The number of nitrogens with zero attached hydrogens (tertiary/aromatic N) is 4. The summed E-state index contributed by atoms with van der Waals surface area (Å²) in [6.45, 7) is 1.57. The lowest BCUT2D eigenvalue weighted by Gasteiger charge is -2.39. The van der Waals surface area contributed by atoms with E-state index in [1.54, 1.807) is 18.9 Å². The number of carbonyl (C=O) groups excluding carboxylic acids is 1. The van der Waals surface area contributed by atoms with Crippen LogP contribution in [0.5, 0.6) is 5.75 Å². The van der Waals surface area contributed by atoms with Gasteiger partial charge in [0.05, 0.1) is 12.5 Å². The summed E-state index contributed by atoms with van der Waals surface area (Å²) >= 11 is 1.61. The number of rotatable bonds is 5. The predicted octanol–water partition coefficient (Wildman–Crippen LogP) is 3.76. The van der Waals surface area contributed by atoms with Crippen LogP contribution in [0, 0.1) is 0 Å². The molecule has 6 nitrogen and oxygen atoms in total. The first-order valence-corrected chi connectivity index (χ1v) is 11.7. The van der Waals surface area contributed by atoms with Crippen molar-refractivity contribution in [2.75, 3.05) is 26.5 Å². The van der Waals surface area contributed by atoms with E-state index in [4.69, 9.17) is 4.74 Å². The Morgan fingerprint density at radius 1 is 1.17 bits per heavy atom. The zero-order valence-corrected chi connectivity index (χ0v) is 18.4. The molecule has 0 N–H and O–H groups in total. The highest BCUT2D eigenvalue weighted by Crippen LogP contribution is 2.44. The number of aromatic nitrogens is 3. The van der Waals surface area contributed by atoms with Crippen LogP contribution in [0.25, 0.3) is 0 Å². The van der Waals surface area contributed by atoms with Crippen molar-refractivity contribution >= 4 is 17.7 Å². The van der Waals surface area contributed by atoms with Gasteiger partial charge in [-0.05, 0) is 49.6 Å². The summed E-state index contributed by atoms with van der Waals surface area (Å²) in [4.78, 5) is 15.9. The van der Waals surface area contributed by atoms with Gasteiger partial charge in [0.15, 0.2) is 5.16 Å². The lowest BCUT2D eigenvalue weighted by atomic mass is 9.77. The molecule has 0 unspecified atom stereocenters. The van der Waals surface area contributed by atoms with Gasteiger partial charge in [-0.1, -0.05) is 36.7 Å². The predicted molar refractivity (Wildman–Crippen MR) is 114 cm³/mol. The molecule has 0 radical (unpaired) electrons. The van der Waals surface area contributed by atoms with Crippen LogP contribution < -0.4 is 4.74 Å². The first-order valence-electron chi connectivity index (χ1n) is 10.5. The lowest BCUT2D eigenvalue weighted by molar-refractivity contribution is -0.138. The van der Waals surface area contributed by atoms with Crippen molar-refractivity contribution in [3.8, 4) is 5.75 Å². The fourth-order valence-corrected chi connectivity index (χ4v) is 5.54. The van der Waals surface area contributed by atoms with Gasteiger partial charge in [-0.15, -0.1) is 10.2 Å². The van der Waals surface area contributed by atoms with Gasteiger partial charge in [0, 0.05) is 26.1 Å². The summed E-state index contributed by atoms with van der Waals surface area (Å²) in [6.07, 6.45) is 8.16. The summed E-state index contributed by atoms with van der Waals surface area (Å²) in [5.41, 5.74) is 0.740. The second-order valence-electron chi connectivity index (χ2n) is 8.21. The molecular formula is C22H30N4O2S. The standard InChI is InChI=1S/C22H30N4O2S/c1-25-19(23-24-21(25)29-3)16-7-6-14-26(15-16)20(27)22(12-4-5-13-22)17-8-10-18(28-2)11-9-17/h8-11,16H,4-7,12-15H2,1-3H3/t16-/m0/s1. The van der Waals surface area contributed by atoms with E-state index in [1.807, 2.05) is 25.4 Å². The fraction of sp³-hybridized carbons (Fsp3) is 0.591. The largest absolute Gasteiger partial charge is 0.497 e. The second-order valence-corrected chi connectivity index (χ2v) is 8.99. The van der Waals surface area contributed by atoms with Gasteiger partial charge in [0.25, 0.3) is 0 Å². The number of hydrogen-bond acceptors (Lipinski definition) is 5. The summed E-state index contributed by atoms with van der Waals surface area (Å²) in [5, 5.41) is 9.66. The summed E-state index contributed by atoms with van der Waals surface area (Å²) in [6, 6.07) is 8.12. The van der Waals surface area contributed by atoms with E-state index in [2.05, 4.69) is 31.8 Å². The van der Waals surface area contributed by atoms with Crippen molar-refractivity contribution in [2.24, 2.45) is 7.05 Å². The molecule has 2 aliphatic rings. The maximum absolute atomic E-state index is 13.8. The highest BCUT2D eigenvalue weighted by Gasteiger charge is 2.46. The van der Waals surface area contributed by atoms with Crippen LogP contribution in [0.15, 0.2) is 29.4 Å². The summed E-state index contributed by atoms with van der Waals surface area (Å²) in [7, 11) is 3.70. The molecule has 2 heterocycles.